The second-order valence-corrected chi connectivity index (χ2v) is 6.26. The van der Waals surface area contributed by atoms with Gasteiger partial charge in [0.15, 0.2) is 6.29 Å². The van der Waals surface area contributed by atoms with Crippen LogP contribution in [0.2, 0.25) is 0 Å². The number of esters is 2. The van der Waals surface area contributed by atoms with E-state index in [1.807, 2.05) is 0 Å². The molecule has 0 N–H and O–H groups in total. The van der Waals surface area contributed by atoms with E-state index in [2.05, 4.69) is 6.92 Å². The van der Waals surface area contributed by atoms with Crippen molar-refractivity contribution in [3.8, 4) is 0 Å². The molecule has 4 rings (SSSR count). The van der Waals surface area contributed by atoms with Crippen LogP contribution >= 0.6 is 0 Å². The van der Waals surface area contributed by atoms with Gasteiger partial charge in [-0.25, -0.2) is 0 Å². The molecule has 3 heterocycles. The van der Waals surface area contributed by atoms with Crippen LogP contribution in [0.15, 0.2) is 0 Å². The van der Waals surface area contributed by atoms with E-state index in [0.29, 0.717) is 6.42 Å². The molecule has 1 saturated carbocycles. The molecular formula is C14H20O6. The Bertz CT molecular complexity index is 449. The number of rotatable bonds is 2. The molecule has 3 aliphatic heterocycles. The van der Waals surface area contributed by atoms with Crippen LogP contribution in [0.25, 0.3) is 0 Å². The second kappa shape index (κ2) is 4.43. The Balaban J connectivity index is 1.97. The zero-order valence-electron chi connectivity index (χ0n) is 12.0. The van der Waals surface area contributed by atoms with Gasteiger partial charge in [0.2, 0.25) is 12.1 Å². The Morgan fingerprint density at radius 2 is 1.95 bits per heavy atom. The van der Waals surface area contributed by atoms with Crippen molar-refractivity contribution in [2.75, 3.05) is 0 Å². The molecule has 4 fully saturated rings. The van der Waals surface area contributed by atoms with Crippen LogP contribution in [0.4, 0.5) is 0 Å². The van der Waals surface area contributed by atoms with Crippen LogP contribution in [0.3, 0.4) is 0 Å². The minimum absolute atomic E-state index is 0.102. The first-order valence-electron chi connectivity index (χ1n) is 7.05. The highest BCUT2D eigenvalue weighted by atomic mass is 16.8. The van der Waals surface area contributed by atoms with Gasteiger partial charge in [-0.2, -0.15) is 0 Å². The smallest absolute Gasteiger partial charge is 0.305 e. The molecule has 112 valence electrons. The van der Waals surface area contributed by atoms with Crippen molar-refractivity contribution in [3.05, 3.63) is 0 Å². The number of hydrogen-bond donors (Lipinski definition) is 0. The maximum absolute atomic E-state index is 11.5. The number of ether oxygens (including phenoxy) is 4. The third kappa shape index (κ3) is 2.02. The molecule has 5 atom stereocenters. The molecule has 0 aromatic carbocycles. The molecule has 0 amide bonds. The van der Waals surface area contributed by atoms with Crippen molar-refractivity contribution in [3.63, 3.8) is 0 Å². The maximum Gasteiger partial charge on any atom is 0.305 e. The van der Waals surface area contributed by atoms with Crippen LogP contribution in [0.5, 0.6) is 0 Å². The van der Waals surface area contributed by atoms with Gasteiger partial charge in [-0.05, 0) is 18.3 Å². The number of hydrogen-bond acceptors (Lipinski definition) is 6. The first-order chi connectivity index (χ1) is 9.35. The monoisotopic (exact) mass is 284 g/mol. The van der Waals surface area contributed by atoms with Crippen molar-refractivity contribution in [2.45, 2.75) is 64.8 Å². The molecule has 4 aliphatic rings. The molecule has 0 unspecified atom stereocenters. The number of carbonyl (C=O) groups is 2. The maximum atomic E-state index is 11.5. The molecule has 6 heteroatoms. The minimum atomic E-state index is -1.01. The lowest BCUT2D eigenvalue weighted by molar-refractivity contribution is -0.467. The summed E-state index contributed by atoms with van der Waals surface area (Å²) < 4.78 is 22.4. The molecular weight excluding hydrogens is 264 g/mol. The van der Waals surface area contributed by atoms with E-state index in [1.54, 1.807) is 0 Å². The van der Waals surface area contributed by atoms with Crippen molar-refractivity contribution in [1.29, 1.82) is 0 Å². The van der Waals surface area contributed by atoms with E-state index < -0.39 is 24.3 Å². The first kappa shape index (κ1) is 13.8. The zero-order valence-corrected chi connectivity index (χ0v) is 12.0. The predicted molar refractivity (Wildman–Crippen MR) is 66.1 cm³/mol. The summed E-state index contributed by atoms with van der Waals surface area (Å²) in [6.45, 7) is 4.85. The fraction of sp³-hybridized carbons (Fsp3) is 0.857. The molecule has 1 aliphatic carbocycles. The van der Waals surface area contributed by atoms with Crippen molar-refractivity contribution < 1.29 is 28.5 Å². The molecule has 0 spiro atoms. The summed E-state index contributed by atoms with van der Waals surface area (Å²) in [7, 11) is 0. The average Bonchev–Trinajstić information content (AvgIpc) is 2.23. The van der Waals surface area contributed by atoms with Gasteiger partial charge in [0, 0.05) is 26.7 Å². The third-order valence-electron chi connectivity index (χ3n) is 4.62. The van der Waals surface area contributed by atoms with E-state index in [1.165, 1.54) is 13.8 Å². The van der Waals surface area contributed by atoms with Gasteiger partial charge < -0.3 is 18.9 Å². The quantitative estimate of drug-likeness (QED) is 0.719. The van der Waals surface area contributed by atoms with Crippen molar-refractivity contribution in [1.82, 2.24) is 0 Å². The van der Waals surface area contributed by atoms with E-state index in [4.69, 9.17) is 18.9 Å². The molecule has 0 aromatic heterocycles. The van der Waals surface area contributed by atoms with Crippen LogP contribution in [0.1, 0.15) is 46.5 Å². The zero-order chi connectivity index (χ0) is 14.5. The second-order valence-electron chi connectivity index (χ2n) is 6.26. The lowest BCUT2D eigenvalue weighted by Gasteiger charge is -2.62. The SMILES string of the molecule is CC(=O)O[C@@H]1O[C@H]2C[C@]3(C)CCC[C@](OC(C)=O)(O2)[C@@H]13. The van der Waals surface area contributed by atoms with Gasteiger partial charge in [-0.1, -0.05) is 6.92 Å². The first-order valence-corrected chi connectivity index (χ1v) is 7.05. The van der Waals surface area contributed by atoms with Gasteiger partial charge in [0.1, 0.15) is 0 Å². The summed E-state index contributed by atoms with van der Waals surface area (Å²) in [5.74, 6) is -2.08. The van der Waals surface area contributed by atoms with Gasteiger partial charge >= 0.3 is 11.9 Å². The Morgan fingerprint density at radius 1 is 1.20 bits per heavy atom. The predicted octanol–water partition coefficient (Wildman–Crippen LogP) is 1.72. The highest BCUT2D eigenvalue weighted by molar-refractivity contribution is 5.67. The number of fused-ring (bicyclic) bond motifs is 1. The topological polar surface area (TPSA) is 71.1 Å². The Kier molecular flexibility index (Phi) is 3.06. The molecule has 6 nitrogen and oxygen atoms in total. The molecule has 3 saturated heterocycles. The fourth-order valence-corrected chi connectivity index (χ4v) is 4.07. The largest absolute Gasteiger partial charge is 0.435 e. The van der Waals surface area contributed by atoms with Crippen molar-refractivity contribution in [2.24, 2.45) is 11.3 Å². The van der Waals surface area contributed by atoms with Gasteiger partial charge in [0.05, 0.1) is 5.92 Å². The standard InChI is InChI=1S/C14H20O6/c1-8(15)17-12-11-13(3)5-4-6-14(11,19-9(2)16)20-10(7-13)18-12/h10-12H,4-7H2,1-3H3/t10-,11+,12-,13+,14+/m1/s1. The Labute approximate surface area is 117 Å². The molecule has 0 radical (unpaired) electrons. The highest BCUT2D eigenvalue weighted by Crippen LogP contribution is 2.61. The summed E-state index contributed by atoms with van der Waals surface area (Å²) >= 11 is 0. The van der Waals surface area contributed by atoms with Gasteiger partial charge in [-0.3, -0.25) is 9.59 Å². The van der Waals surface area contributed by atoms with E-state index >= 15 is 0 Å². The van der Waals surface area contributed by atoms with Crippen LogP contribution in [-0.4, -0.2) is 30.3 Å². The van der Waals surface area contributed by atoms with Crippen LogP contribution in [-0.2, 0) is 28.5 Å². The lowest BCUT2D eigenvalue weighted by atomic mass is 9.59. The molecule has 0 aromatic rings. The summed E-state index contributed by atoms with van der Waals surface area (Å²) in [5.41, 5.74) is -0.102. The third-order valence-corrected chi connectivity index (χ3v) is 4.62. The summed E-state index contributed by atoms with van der Waals surface area (Å²) in [5, 5.41) is 0. The van der Waals surface area contributed by atoms with E-state index in [0.717, 1.165) is 19.3 Å². The van der Waals surface area contributed by atoms with Crippen molar-refractivity contribution >= 4 is 11.9 Å². The van der Waals surface area contributed by atoms with Gasteiger partial charge in [-0.15, -0.1) is 0 Å². The Hall–Kier alpha value is -1.14. The fourth-order valence-electron chi connectivity index (χ4n) is 4.07. The normalized spacial score (nSPS) is 45.9. The number of carbonyl (C=O) groups excluding carboxylic acids is 2. The average molecular weight is 284 g/mol. The Morgan fingerprint density at radius 3 is 2.60 bits per heavy atom. The van der Waals surface area contributed by atoms with Gasteiger partial charge in [0.25, 0.3) is 0 Å². The molecule has 4 bridgehead atoms. The highest BCUT2D eigenvalue weighted by Gasteiger charge is 2.68. The minimum Gasteiger partial charge on any atom is -0.435 e. The summed E-state index contributed by atoms with van der Waals surface area (Å²) in [6.07, 6.45) is 2.06. The lowest BCUT2D eigenvalue weighted by Crippen LogP contribution is -2.70. The summed E-state index contributed by atoms with van der Waals surface area (Å²) in [4.78, 5) is 22.8. The van der Waals surface area contributed by atoms with E-state index in [-0.39, 0.29) is 17.3 Å². The van der Waals surface area contributed by atoms with Crippen LogP contribution < -0.4 is 0 Å². The van der Waals surface area contributed by atoms with E-state index in [9.17, 15) is 9.59 Å². The summed E-state index contributed by atoms with van der Waals surface area (Å²) in [6, 6.07) is 0. The molecule has 20 heavy (non-hydrogen) atoms. The van der Waals surface area contributed by atoms with Crippen LogP contribution in [0, 0.1) is 11.3 Å².